The lowest BCUT2D eigenvalue weighted by atomic mass is 10.2. The van der Waals surface area contributed by atoms with Crippen molar-refractivity contribution in [3.63, 3.8) is 0 Å². The number of aromatic nitrogens is 5. The number of nitrogens with zero attached hydrogens (tertiary/aromatic N) is 6. The molecule has 3 heterocycles. The second kappa shape index (κ2) is 14.4. The van der Waals surface area contributed by atoms with Gasteiger partial charge in [-0.2, -0.15) is 5.10 Å². The zero-order chi connectivity index (χ0) is 30.2. The van der Waals surface area contributed by atoms with Crippen molar-refractivity contribution in [1.29, 1.82) is 0 Å². The lowest BCUT2D eigenvalue weighted by Gasteiger charge is -2.27. The molecule has 226 valence electrons. The third-order valence-corrected chi connectivity index (χ3v) is 6.28. The van der Waals surface area contributed by atoms with E-state index in [0.29, 0.717) is 39.9 Å². The predicted octanol–water partition coefficient (Wildman–Crippen LogP) is 3.62. The average Bonchev–Trinajstić information content (AvgIpc) is 3.45. The van der Waals surface area contributed by atoms with Crippen LogP contribution in [0.1, 0.15) is 27.7 Å². The van der Waals surface area contributed by atoms with Crippen LogP contribution in [-0.4, -0.2) is 93.3 Å². The summed E-state index contributed by atoms with van der Waals surface area (Å²) >= 11 is 0. The average molecular weight is 581 g/mol. The molecule has 0 bridgehead atoms. The molecule has 42 heavy (non-hydrogen) atoms. The van der Waals surface area contributed by atoms with Crippen LogP contribution in [0.25, 0.3) is 22.4 Å². The molecule has 0 radical (unpaired) electrons. The zero-order valence-electron chi connectivity index (χ0n) is 25.0. The summed E-state index contributed by atoms with van der Waals surface area (Å²) in [7, 11) is 3.17. The van der Waals surface area contributed by atoms with Crippen molar-refractivity contribution in [3.05, 3.63) is 48.9 Å². The molecule has 0 aliphatic heterocycles. The van der Waals surface area contributed by atoms with Crippen LogP contribution in [0.5, 0.6) is 11.5 Å². The van der Waals surface area contributed by atoms with Gasteiger partial charge in [-0.1, -0.05) is 0 Å². The summed E-state index contributed by atoms with van der Waals surface area (Å²) < 4.78 is 23.8. The Morgan fingerprint density at radius 2 is 1.52 bits per heavy atom. The third-order valence-electron chi connectivity index (χ3n) is 6.28. The number of aliphatic hydroxyl groups is 2. The first-order valence-electron chi connectivity index (χ1n) is 13.9. The normalized spacial score (nSPS) is 13.1. The van der Waals surface area contributed by atoms with Gasteiger partial charge in [0, 0.05) is 35.6 Å². The SMILES string of the molecule is COc1cc(OC)cc(N(CC(O)COC(C)C)c2ccc3ncc(-c4cnn(CC(O)COC(C)C)c4)nc3n2)c1. The van der Waals surface area contributed by atoms with E-state index >= 15 is 0 Å². The van der Waals surface area contributed by atoms with Crippen LogP contribution in [0.3, 0.4) is 0 Å². The van der Waals surface area contributed by atoms with Crippen molar-refractivity contribution in [2.75, 3.05) is 38.9 Å². The fourth-order valence-electron chi connectivity index (χ4n) is 4.19. The Labute approximate surface area is 245 Å². The van der Waals surface area contributed by atoms with Gasteiger partial charge in [0.15, 0.2) is 5.65 Å². The Kier molecular flexibility index (Phi) is 10.6. The molecular formula is C30H40N6O6. The monoisotopic (exact) mass is 580 g/mol. The molecule has 12 nitrogen and oxygen atoms in total. The lowest BCUT2D eigenvalue weighted by Crippen LogP contribution is -2.33. The standard InChI is InChI=1S/C30H40N6O6/c1-19(2)41-17-23(37)15-35-14-21(12-32-35)28-13-31-27-7-8-29(34-30(27)33-28)36(16-24(38)18-42-20(3)4)22-9-25(39-5)11-26(10-22)40-6/h7-14,19-20,23-24,37-38H,15-18H2,1-6H3. The van der Waals surface area contributed by atoms with Gasteiger partial charge < -0.3 is 34.1 Å². The van der Waals surface area contributed by atoms with Crippen molar-refractivity contribution in [3.8, 4) is 22.8 Å². The van der Waals surface area contributed by atoms with Gasteiger partial charge in [0.1, 0.15) is 22.8 Å². The summed E-state index contributed by atoms with van der Waals surface area (Å²) in [6.07, 6.45) is 3.69. The Bertz CT molecular complexity index is 1420. The number of hydrogen-bond acceptors (Lipinski definition) is 11. The maximum atomic E-state index is 10.9. The van der Waals surface area contributed by atoms with Gasteiger partial charge in [0.25, 0.3) is 0 Å². The molecule has 0 aliphatic carbocycles. The topological polar surface area (TPSA) is 137 Å². The molecule has 4 rings (SSSR count). The van der Waals surface area contributed by atoms with E-state index in [1.165, 1.54) is 0 Å². The van der Waals surface area contributed by atoms with E-state index in [-0.39, 0.29) is 38.5 Å². The van der Waals surface area contributed by atoms with E-state index in [0.717, 1.165) is 5.56 Å². The minimum Gasteiger partial charge on any atom is -0.497 e. The van der Waals surface area contributed by atoms with E-state index in [1.807, 2.05) is 56.9 Å². The fourth-order valence-corrected chi connectivity index (χ4v) is 4.19. The molecule has 0 spiro atoms. The van der Waals surface area contributed by atoms with Gasteiger partial charge in [-0.25, -0.2) is 9.97 Å². The second-order valence-corrected chi connectivity index (χ2v) is 10.5. The molecule has 0 amide bonds. The van der Waals surface area contributed by atoms with Gasteiger partial charge in [0.05, 0.1) is 83.0 Å². The minimum atomic E-state index is -0.799. The van der Waals surface area contributed by atoms with Gasteiger partial charge in [-0.3, -0.25) is 9.67 Å². The Morgan fingerprint density at radius 1 is 0.857 bits per heavy atom. The van der Waals surface area contributed by atoms with Gasteiger partial charge in [0.2, 0.25) is 0 Å². The van der Waals surface area contributed by atoms with Crippen molar-refractivity contribution in [1.82, 2.24) is 24.7 Å². The summed E-state index contributed by atoms with van der Waals surface area (Å²) in [6.45, 7) is 8.57. The van der Waals surface area contributed by atoms with Gasteiger partial charge >= 0.3 is 0 Å². The molecule has 1 aromatic carbocycles. The predicted molar refractivity (Wildman–Crippen MR) is 159 cm³/mol. The number of fused-ring (bicyclic) bond motifs is 1. The Morgan fingerprint density at radius 3 is 2.17 bits per heavy atom. The van der Waals surface area contributed by atoms with Crippen molar-refractivity contribution in [2.24, 2.45) is 0 Å². The second-order valence-electron chi connectivity index (χ2n) is 10.5. The Hall–Kier alpha value is -3.84. The number of rotatable bonds is 15. The number of benzene rings is 1. The van der Waals surface area contributed by atoms with E-state index in [4.69, 9.17) is 28.9 Å². The van der Waals surface area contributed by atoms with Crippen LogP contribution >= 0.6 is 0 Å². The molecule has 2 unspecified atom stereocenters. The zero-order valence-corrected chi connectivity index (χ0v) is 25.0. The summed E-state index contributed by atoms with van der Waals surface area (Å²) in [6, 6.07) is 9.15. The first kappa shape index (κ1) is 31.1. The number of ether oxygens (including phenoxy) is 4. The minimum absolute atomic E-state index is 0.0153. The molecular weight excluding hydrogens is 540 g/mol. The fraction of sp³-hybridized carbons (Fsp3) is 0.467. The third kappa shape index (κ3) is 8.35. The summed E-state index contributed by atoms with van der Waals surface area (Å²) in [5.41, 5.74) is 3.08. The largest absolute Gasteiger partial charge is 0.497 e. The molecule has 0 saturated carbocycles. The van der Waals surface area contributed by atoms with E-state index in [2.05, 4.69) is 10.1 Å². The lowest BCUT2D eigenvalue weighted by molar-refractivity contribution is -0.00201. The number of pyridine rings is 1. The first-order chi connectivity index (χ1) is 20.1. The number of hydrogen-bond donors (Lipinski definition) is 2. The molecule has 0 saturated heterocycles. The van der Waals surface area contributed by atoms with Crippen LogP contribution < -0.4 is 14.4 Å². The Balaban J connectivity index is 1.65. The highest BCUT2D eigenvalue weighted by Gasteiger charge is 2.20. The molecule has 2 N–H and O–H groups in total. The summed E-state index contributed by atoms with van der Waals surface area (Å²) in [5.74, 6) is 1.75. The number of anilines is 2. The number of methoxy groups -OCH3 is 2. The molecule has 0 aliphatic rings. The van der Waals surface area contributed by atoms with E-state index < -0.39 is 12.2 Å². The van der Waals surface area contributed by atoms with E-state index in [1.54, 1.807) is 43.6 Å². The van der Waals surface area contributed by atoms with Gasteiger partial charge in [-0.05, 0) is 39.8 Å². The summed E-state index contributed by atoms with van der Waals surface area (Å²) in [5, 5.41) is 25.5. The van der Waals surface area contributed by atoms with Crippen molar-refractivity contribution < 1.29 is 29.2 Å². The van der Waals surface area contributed by atoms with Crippen LogP contribution in [0.4, 0.5) is 11.5 Å². The maximum absolute atomic E-state index is 10.9. The smallest absolute Gasteiger partial charge is 0.180 e. The van der Waals surface area contributed by atoms with Crippen LogP contribution in [-0.2, 0) is 16.0 Å². The van der Waals surface area contributed by atoms with Crippen LogP contribution in [0.15, 0.2) is 48.9 Å². The molecule has 0 fully saturated rings. The summed E-state index contributed by atoms with van der Waals surface area (Å²) in [4.78, 5) is 16.0. The highest BCUT2D eigenvalue weighted by atomic mass is 16.5. The van der Waals surface area contributed by atoms with Gasteiger partial charge in [-0.15, -0.1) is 0 Å². The maximum Gasteiger partial charge on any atom is 0.180 e. The van der Waals surface area contributed by atoms with Crippen LogP contribution in [0.2, 0.25) is 0 Å². The molecule has 2 atom stereocenters. The van der Waals surface area contributed by atoms with Crippen molar-refractivity contribution >= 4 is 22.7 Å². The number of aliphatic hydroxyl groups excluding tert-OH is 2. The first-order valence-corrected chi connectivity index (χ1v) is 13.9. The van der Waals surface area contributed by atoms with E-state index in [9.17, 15) is 10.2 Å². The molecule has 12 heteroatoms. The quantitative estimate of drug-likeness (QED) is 0.213. The molecule has 4 aromatic rings. The van der Waals surface area contributed by atoms with Crippen molar-refractivity contribution in [2.45, 2.75) is 58.7 Å². The highest BCUT2D eigenvalue weighted by Crippen LogP contribution is 2.33. The highest BCUT2D eigenvalue weighted by molar-refractivity contribution is 5.77. The van der Waals surface area contributed by atoms with Crippen LogP contribution in [0, 0.1) is 0 Å². The molecule has 3 aromatic heterocycles.